The molecule has 2 N–H and O–H groups in total. The van der Waals surface area contributed by atoms with E-state index in [4.69, 9.17) is 4.74 Å². The molecule has 3 rings (SSSR count). The predicted molar refractivity (Wildman–Crippen MR) is 114 cm³/mol. The molecule has 0 atom stereocenters. The third-order valence-electron chi connectivity index (χ3n) is 4.35. The normalized spacial score (nSPS) is 11.0. The van der Waals surface area contributed by atoms with Crippen LogP contribution in [-0.2, 0) is 5.41 Å². The molecule has 5 nitrogen and oxygen atoms in total. The Bertz CT molecular complexity index is 960. The van der Waals surface area contributed by atoms with Crippen molar-refractivity contribution in [2.75, 3.05) is 17.7 Å². The van der Waals surface area contributed by atoms with Gasteiger partial charge in [-0.2, -0.15) is 0 Å². The quantitative estimate of drug-likeness (QED) is 0.628. The zero-order valence-corrected chi connectivity index (χ0v) is 16.6. The summed E-state index contributed by atoms with van der Waals surface area (Å²) in [5, 5.41) is 6.20. The monoisotopic (exact) mass is 375 g/mol. The predicted octanol–water partition coefficient (Wildman–Crippen LogP) is 5.38. The van der Waals surface area contributed by atoms with Gasteiger partial charge < -0.3 is 15.4 Å². The van der Waals surface area contributed by atoms with Crippen molar-refractivity contribution in [1.29, 1.82) is 0 Å². The van der Waals surface area contributed by atoms with Gasteiger partial charge in [-0.1, -0.05) is 45.0 Å². The second kappa shape index (κ2) is 8.13. The summed E-state index contributed by atoms with van der Waals surface area (Å²) in [6, 6.07) is 19.0. The maximum atomic E-state index is 12.5. The van der Waals surface area contributed by atoms with E-state index in [1.54, 1.807) is 31.5 Å². The highest BCUT2D eigenvalue weighted by molar-refractivity contribution is 6.04. The first kappa shape index (κ1) is 19.4. The molecule has 1 heterocycles. The SMILES string of the molecule is COc1cccc(NC(=O)c2ccc(Nc3ccccc3C(C)(C)C)nc2)c1. The van der Waals surface area contributed by atoms with Gasteiger partial charge >= 0.3 is 0 Å². The van der Waals surface area contributed by atoms with Gasteiger partial charge in [0, 0.05) is 23.6 Å². The van der Waals surface area contributed by atoms with Gasteiger partial charge in [0.25, 0.3) is 5.91 Å². The molecule has 2 aromatic carbocycles. The van der Waals surface area contributed by atoms with Crippen LogP contribution in [0.4, 0.5) is 17.2 Å². The molecular formula is C23H25N3O2. The Morgan fingerprint density at radius 2 is 1.79 bits per heavy atom. The van der Waals surface area contributed by atoms with E-state index in [1.807, 2.05) is 36.4 Å². The van der Waals surface area contributed by atoms with Crippen molar-refractivity contribution in [3.05, 3.63) is 78.0 Å². The van der Waals surface area contributed by atoms with E-state index in [-0.39, 0.29) is 11.3 Å². The van der Waals surface area contributed by atoms with Crippen LogP contribution in [0.2, 0.25) is 0 Å². The van der Waals surface area contributed by atoms with Crippen molar-refractivity contribution in [3.8, 4) is 5.75 Å². The summed E-state index contributed by atoms with van der Waals surface area (Å²) in [7, 11) is 1.59. The summed E-state index contributed by atoms with van der Waals surface area (Å²) >= 11 is 0. The molecule has 0 aliphatic carbocycles. The Balaban J connectivity index is 1.73. The third-order valence-corrected chi connectivity index (χ3v) is 4.35. The van der Waals surface area contributed by atoms with Crippen LogP contribution in [0.3, 0.4) is 0 Å². The Morgan fingerprint density at radius 3 is 2.46 bits per heavy atom. The fourth-order valence-corrected chi connectivity index (χ4v) is 2.89. The van der Waals surface area contributed by atoms with Crippen molar-refractivity contribution >= 4 is 23.1 Å². The van der Waals surface area contributed by atoms with E-state index in [9.17, 15) is 4.79 Å². The number of hydrogen-bond donors (Lipinski definition) is 2. The first-order chi connectivity index (χ1) is 13.4. The minimum Gasteiger partial charge on any atom is -0.497 e. The lowest BCUT2D eigenvalue weighted by atomic mass is 9.86. The summed E-state index contributed by atoms with van der Waals surface area (Å²) in [5.41, 5.74) is 3.39. The number of nitrogens with one attached hydrogen (secondary N) is 2. The molecule has 0 saturated heterocycles. The second-order valence-corrected chi connectivity index (χ2v) is 7.54. The van der Waals surface area contributed by atoms with Crippen LogP contribution in [0.15, 0.2) is 66.9 Å². The minimum atomic E-state index is -0.220. The van der Waals surface area contributed by atoms with Gasteiger partial charge in [0.15, 0.2) is 0 Å². The Labute approximate surface area is 165 Å². The second-order valence-electron chi connectivity index (χ2n) is 7.54. The highest BCUT2D eigenvalue weighted by Crippen LogP contribution is 2.30. The van der Waals surface area contributed by atoms with Gasteiger partial charge in [0.2, 0.25) is 0 Å². The molecule has 0 saturated carbocycles. The molecule has 5 heteroatoms. The maximum Gasteiger partial charge on any atom is 0.257 e. The number of benzene rings is 2. The number of hydrogen-bond acceptors (Lipinski definition) is 4. The van der Waals surface area contributed by atoms with E-state index in [0.29, 0.717) is 22.8 Å². The van der Waals surface area contributed by atoms with Gasteiger partial charge in [-0.25, -0.2) is 4.98 Å². The summed E-state index contributed by atoms with van der Waals surface area (Å²) in [6.07, 6.45) is 1.57. The highest BCUT2D eigenvalue weighted by atomic mass is 16.5. The number of amides is 1. The van der Waals surface area contributed by atoms with Crippen molar-refractivity contribution in [1.82, 2.24) is 4.98 Å². The molecule has 0 aliphatic rings. The molecule has 3 aromatic rings. The zero-order chi connectivity index (χ0) is 20.1. The molecule has 0 fully saturated rings. The van der Waals surface area contributed by atoms with E-state index in [2.05, 4.69) is 42.5 Å². The number of aromatic nitrogens is 1. The number of rotatable bonds is 5. The van der Waals surface area contributed by atoms with Gasteiger partial charge in [0.1, 0.15) is 11.6 Å². The van der Waals surface area contributed by atoms with Crippen molar-refractivity contribution in [2.45, 2.75) is 26.2 Å². The van der Waals surface area contributed by atoms with Gasteiger partial charge in [0.05, 0.1) is 12.7 Å². The number of nitrogens with zero attached hydrogens (tertiary/aromatic N) is 1. The molecule has 144 valence electrons. The number of methoxy groups -OCH3 is 1. The Morgan fingerprint density at radius 1 is 1.00 bits per heavy atom. The number of carbonyl (C=O) groups excluding carboxylic acids is 1. The number of pyridine rings is 1. The molecule has 1 aromatic heterocycles. The number of para-hydroxylation sites is 1. The fourth-order valence-electron chi connectivity index (χ4n) is 2.89. The molecule has 0 spiro atoms. The topological polar surface area (TPSA) is 63.2 Å². The molecule has 0 unspecified atom stereocenters. The summed E-state index contributed by atoms with van der Waals surface area (Å²) in [4.78, 5) is 16.9. The van der Waals surface area contributed by atoms with Crippen molar-refractivity contribution in [3.63, 3.8) is 0 Å². The lowest BCUT2D eigenvalue weighted by Crippen LogP contribution is -2.14. The van der Waals surface area contributed by atoms with Crippen LogP contribution in [0.25, 0.3) is 0 Å². The number of ether oxygens (including phenoxy) is 1. The fraction of sp³-hybridized carbons (Fsp3) is 0.217. The van der Waals surface area contributed by atoms with Gasteiger partial charge in [-0.15, -0.1) is 0 Å². The third kappa shape index (κ3) is 4.68. The maximum absolute atomic E-state index is 12.5. The summed E-state index contributed by atoms with van der Waals surface area (Å²) in [5.74, 6) is 1.16. The van der Waals surface area contributed by atoms with E-state index in [0.717, 1.165) is 5.69 Å². The number of carbonyl (C=O) groups is 1. The van der Waals surface area contributed by atoms with E-state index < -0.39 is 0 Å². The standard InChI is InChI=1S/C23H25N3O2/c1-23(2,3)19-10-5-6-11-20(19)26-21-13-12-16(15-24-21)22(27)25-17-8-7-9-18(14-17)28-4/h5-15H,1-4H3,(H,24,26)(H,25,27). The van der Waals surface area contributed by atoms with Gasteiger partial charge in [-0.05, 0) is 41.3 Å². The summed E-state index contributed by atoms with van der Waals surface area (Å²) < 4.78 is 5.18. The lowest BCUT2D eigenvalue weighted by Gasteiger charge is -2.23. The molecule has 0 aliphatic heterocycles. The molecular weight excluding hydrogens is 350 g/mol. The summed E-state index contributed by atoms with van der Waals surface area (Å²) in [6.45, 7) is 6.52. The lowest BCUT2D eigenvalue weighted by molar-refractivity contribution is 0.102. The molecule has 0 bridgehead atoms. The van der Waals surface area contributed by atoms with Crippen LogP contribution in [0.1, 0.15) is 36.7 Å². The minimum absolute atomic E-state index is 0.0140. The average Bonchev–Trinajstić information content (AvgIpc) is 2.68. The van der Waals surface area contributed by atoms with Crippen molar-refractivity contribution < 1.29 is 9.53 Å². The van der Waals surface area contributed by atoms with Crippen LogP contribution >= 0.6 is 0 Å². The van der Waals surface area contributed by atoms with Crippen molar-refractivity contribution in [2.24, 2.45) is 0 Å². The van der Waals surface area contributed by atoms with Crippen LogP contribution in [0, 0.1) is 0 Å². The first-order valence-electron chi connectivity index (χ1n) is 9.15. The molecule has 28 heavy (non-hydrogen) atoms. The smallest absolute Gasteiger partial charge is 0.257 e. The largest absolute Gasteiger partial charge is 0.497 e. The molecule has 0 radical (unpaired) electrons. The average molecular weight is 375 g/mol. The van der Waals surface area contributed by atoms with Crippen LogP contribution < -0.4 is 15.4 Å². The van der Waals surface area contributed by atoms with Gasteiger partial charge in [-0.3, -0.25) is 4.79 Å². The Kier molecular flexibility index (Phi) is 5.64. The van der Waals surface area contributed by atoms with E-state index >= 15 is 0 Å². The van der Waals surface area contributed by atoms with E-state index in [1.165, 1.54) is 5.56 Å². The zero-order valence-electron chi connectivity index (χ0n) is 16.6. The highest BCUT2D eigenvalue weighted by Gasteiger charge is 2.17. The molecule has 1 amide bonds. The van der Waals surface area contributed by atoms with Crippen LogP contribution in [0.5, 0.6) is 5.75 Å². The Hall–Kier alpha value is -3.34. The number of anilines is 3. The first-order valence-corrected chi connectivity index (χ1v) is 9.15. The van der Waals surface area contributed by atoms with Crippen LogP contribution in [-0.4, -0.2) is 18.0 Å².